The number of carbonyl (C=O) groups excluding carboxylic acids is 3. The maximum atomic E-state index is 13.6. The molecule has 0 unspecified atom stereocenters. The van der Waals surface area contributed by atoms with E-state index in [0.717, 1.165) is 37.8 Å². The molecule has 2 aromatic carbocycles. The fourth-order valence-electron chi connectivity index (χ4n) is 3.17. The zero-order valence-corrected chi connectivity index (χ0v) is 15.5. The third-order valence-corrected chi connectivity index (χ3v) is 4.62. The Kier molecular flexibility index (Phi) is 6.54. The van der Waals surface area contributed by atoms with Crippen molar-refractivity contribution >= 4 is 23.5 Å². The van der Waals surface area contributed by atoms with Crippen LogP contribution in [0.3, 0.4) is 0 Å². The molecule has 2 aromatic rings. The van der Waals surface area contributed by atoms with Crippen LogP contribution >= 0.6 is 0 Å². The second-order valence-electron chi connectivity index (χ2n) is 6.75. The first-order valence-electron chi connectivity index (χ1n) is 9.26. The van der Waals surface area contributed by atoms with Crippen LogP contribution in [0, 0.1) is 11.6 Å². The first-order valence-corrected chi connectivity index (χ1v) is 9.26. The molecule has 1 aliphatic carbocycles. The maximum Gasteiger partial charge on any atom is 0.341 e. The highest BCUT2D eigenvalue weighted by molar-refractivity contribution is 6.04. The van der Waals surface area contributed by atoms with Gasteiger partial charge >= 0.3 is 5.97 Å². The molecule has 6 nitrogen and oxygen atoms in total. The van der Waals surface area contributed by atoms with Gasteiger partial charge in [-0.25, -0.2) is 13.6 Å². The number of ether oxygens (including phenoxy) is 1. The number of hydrogen-bond donors (Lipinski definition) is 2. The molecule has 0 radical (unpaired) electrons. The van der Waals surface area contributed by atoms with E-state index in [1.165, 1.54) is 0 Å². The molecular formula is C21H20F2N2O4. The lowest BCUT2D eigenvalue weighted by molar-refractivity contribution is -0.119. The second-order valence-corrected chi connectivity index (χ2v) is 6.75. The summed E-state index contributed by atoms with van der Waals surface area (Å²) in [4.78, 5) is 36.5. The minimum absolute atomic E-state index is 0.123. The Hall–Kier alpha value is -3.29. The summed E-state index contributed by atoms with van der Waals surface area (Å²) in [6, 6.07) is 9.00. The van der Waals surface area contributed by atoms with Gasteiger partial charge in [-0.15, -0.1) is 0 Å². The van der Waals surface area contributed by atoms with Gasteiger partial charge < -0.3 is 15.4 Å². The monoisotopic (exact) mass is 402 g/mol. The highest BCUT2D eigenvalue weighted by Crippen LogP contribution is 2.20. The van der Waals surface area contributed by atoms with E-state index in [4.69, 9.17) is 4.74 Å². The third-order valence-electron chi connectivity index (χ3n) is 4.62. The van der Waals surface area contributed by atoms with Crippen LogP contribution in [0.25, 0.3) is 0 Å². The lowest BCUT2D eigenvalue weighted by Crippen LogP contribution is -2.33. The van der Waals surface area contributed by atoms with Crippen molar-refractivity contribution in [2.24, 2.45) is 0 Å². The number of rotatable bonds is 6. The topological polar surface area (TPSA) is 84.5 Å². The van der Waals surface area contributed by atoms with E-state index in [0.29, 0.717) is 11.6 Å². The SMILES string of the molecule is O=C(COC(=O)c1ccc(F)cc1F)Nc1ccccc1C(=O)NC1CCCC1. The number of halogens is 2. The van der Waals surface area contributed by atoms with Crippen molar-refractivity contribution in [3.8, 4) is 0 Å². The van der Waals surface area contributed by atoms with Gasteiger partial charge in [0.05, 0.1) is 16.8 Å². The average Bonchev–Trinajstić information content (AvgIpc) is 3.19. The Morgan fingerprint density at radius 1 is 1.00 bits per heavy atom. The Balaban J connectivity index is 1.59. The van der Waals surface area contributed by atoms with Crippen LogP contribution in [-0.4, -0.2) is 30.4 Å². The van der Waals surface area contributed by atoms with Crippen molar-refractivity contribution in [1.82, 2.24) is 5.32 Å². The molecule has 1 aliphatic rings. The van der Waals surface area contributed by atoms with Crippen molar-refractivity contribution in [1.29, 1.82) is 0 Å². The normalized spacial score (nSPS) is 13.7. The number of hydrogen-bond acceptors (Lipinski definition) is 4. The van der Waals surface area contributed by atoms with E-state index in [1.54, 1.807) is 24.3 Å². The summed E-state index contributed by atoms with van der Waals surface area (Å²) in [6.45, 7) is -0.686. The number of esters is 1. The van der Waals surface area contributed by atoms with Crippen molar-refractivity contribution in [3.05, 3.63) is 65.2 Å². The number of para-hydroxylation sites is 1. The summed E-state index contributed by atoms with van der Waals surface area (Å²) < 4.78 is 31.3. The fourth-order valence-corrected chi connectivity index (χ4v) is 3.17. The van der Waals surface area contributed by atoms with Crippen LogP contribution in [0.2, 0.25) is 0 Å². The summed E-state index contributed by atoms with van der Waals surface area (Å²) in [5.41, 5.74) is 0.0937. The highest BCUT2D eigenvalue weighted by Gasteiger charge is 2.21. The molecule has 8 heteroatoms. The van der Waals surface area contributed by atoms with E-state index in [2.05, 4.69) is 10.6 Å². The van der Waals surface area contributed by atoms with Crippen LogP contribution in [0.4, 0.5) is 14.5 Å². The zero-order chi connectivity index (χ0) is 20.8. The number of benzene rings is 2. The predicted molar refractivity (Wildman–Crippen MR) is 101 cm³/mol. The zero-order valence-electron chi connectivity index (χ0n) is 15.5. The second kappa shape index (κ2) is 9.27. The van der Waals surface area contributed by atoms with E-state index >= 15 is 0 Å². The van der Waals surface area contributed by atoms with E-state index in [1.807, 2.05) is 0 Å². The molecule has 0 aromatic heterocycles. The largest absolute Gasteiger partial charge is 0.452 e. The molecule has 29 heavy (non-hydrogen) atoms. The molecule has 0 aliphatic heterocycles. The van der Waals surface area contributed by atoms with Crippen LogP contribution in [0.15, 0.2) is 42.5 Å². The van der Waals surface area contributed by atoms with Crippen LogP contribution < -0.4 is 10.6 Å². The Morgan fingerprint density at radius 3 is 2.45 bits per heavy atom. The molecule has 0 spiro atoms. The standard InChI is InChI=1S/C21H20F2N2O4/c22-13-9-10-15(17(23)11-13)21(28)29-12-19(26)25-18-8-4-3-7-16(18)20(27)24-14-5-1-2-6-14/h3-4,7-11,14H,1-2,5-6,12H2,(H,24,27)(H,25,26). The van der Waals surface area contributed by atoms with Crippen molar-refractivity contribution in [2.45, 2.75) is 31.7 Å². The first kappa shape index (κ1) is 20.4. The molecule has 2 N–H and O–H groups in total. The van der Waals surface area contributed by atoms with Gasteiger partial charge in [0.15, 0.2) is 6.61 Å². The van der Waals surface area contributed by atoms with Gasteiger partial charge in [0.2, 0.25) is 0 Å². The van der Waals surface area contributed by atoms with Crippen LogP contribution in [0.1, 0.15) is 46.4 Å². The molecule has 3 rings (SSSR count). The summed E-state index contributed by atoms with van der Waals surface area (Å²) in [7, 11) is 0. The number of amides is 2. The molecule has 0 bridgehead atoms. The van der Waals surface area contributed by atoms with Gasteiger partial charge in [-0.2, -0.15) is 0 Å². The highest BCUT2D eigenvalue weighted by atomic mass is 19.1. The van der Waals surface area contributed by atoms with Crippen molar-refractivity contribution in [3.63, 3.8) is 0 Å². The minimum Gasteiger partial charge on any atom is -0.452 e. The summed E-state index contributed by atoms with van der Waals surface area (Å²) in [5, 5.41) is 5.46. The molecule has 0 atom stereocenters. The smallest absolute Gasteiger partial charge is 0.341 e. The molecule has 0 heterocycles. The third kappa shape index (κ3) is 5.37. The Morgan fingerprint density at radius 2 is 1.72 bits per heavy atom. The number of nitrogens with one attached hydrogen (secondary N) is 2. The van der Waals surface area contributed by atoms with E-state index < -0.39 is 35.7 Å². The first-order chi connectivity index (χ1) is 13.9. The van der Waals surface area contributed by atoms with Gasteiger partial charge in [-0.05, 0) is 37.1 Å². The van der Waals surface area contributed by atoms with Crippen LogP contribution in [-0.2, 0) is 9.53 Å². The van der Waals surface area contributed by atoms with Gasteiger partial charge in [0, 0.05) is 12.1 Å². The average molecular weight is 402 g/mol. The molecule has 2 amide bonds. The van der Waals surface area contributed by atoms with Crippen LogP contribution in [0.5, 0.6) is 0 Å². The lowest BCUT2D eigenvalue weighted by Gasteiger charge is -2.15. The molecule has 0 saturated heterocycles. The van der Waals surface area contributed by atoms with Gasteiger partial charge in [0.25, 0.3) is 11.8 Å². The molecule has 1 fully saturated rings. The number of carbonyl (C=O) groups is 3. The molecule has 1 saturated carbocycles. The summed E-state index contributed by atoms with van der Waals surface area (Å²) in [6.07, 6.45) is 4.00. The fraction of sp³-hybridized carbons (Fsp3) is 0.286. The van der Waals surface area contributed by atoms with Crippen molar-refractivity contribution in [2.75, 3.05) is 11.9 Å². The summed E-state index contributed by atoms with van der Waals surface area (Å²) in [5.74, 6) is -3.99. The quantitative estimate of drug-likeness (QED) is 0.725. The van der Waals surface area contributed by atoms with Gasteiger partial charge in [0.1, 0.15) is 11.6 Å². The minimum atomic E-state index is -1.09. The van der Waals surface area contributed by atoms with E-state index in [9.17, 15) is 23.2 Å². The van der Waals surface area contributed by atoms with Gasteiger partial charge in [-0.1, -0.05) is 25.0 Å². The summed E-state index contributed by atoms with van der Waals surface area (Å²) >= 11 is 0. The molecule has 152 valence electrons. The molecular weight excluding hydrogens is 382 g/mol. The predicted octanol–water partition coefficient (Wildman–Crippen LogP) is 3.43. The lowest BCUT2D eigenvalue weighted by atomic mass is 10.1. The maximum absolute atomic E-state index is 13.6. The Labute approximate surface area is 166 Å². The van der Waals surface area contributed by atoms with E-state index in [-0.39, 0.29) is 17.6 Å². The van der Waals surface area contributed by atoms with Gasteiger partial charge in [-0.3, -0.25) is 9.59 Å². The van der Waals surface area contributed by atoms with Crippen molar-refractivity contribution < 1.29 is 27.9 Å². The Bertz CT molecular complexity index is 927. The number of anilines is 1.